The highest BCUT2D eigenvalue weighted by atomic mass is 35.5. The normalized spacial score (nSPS) is 16.6. The van der Waals surface area contributed by atoms with Gasteiger partial charge in [-0.15, -0.1) is 0 Å². The molecule has 0 aromatic heterocycles. The molecule has 1 heterocycles. The van der Waals surface area contributed by atoms with Crippen LogP contribution < -0.4 is 4.74 Å². The Hall–Kier alpha value is -1.29. The van der Waals surface area contributed by atoms with Gasteiger partial charge in [0.05, 0.1) is 18.2 Å². The molecule has 130 valence electrons. The van der Waals surface area contributed by atoms with Crippen LogP contribution >= 0.6 is 11.6 Å². The lowest BCUT2D eigenvalue weighted by atomic mass is 9.99. The minimum atomic E-state index is 0.519. The van der Waals surface area contributed by atoms with Crippen LogP contribution in [0.5, 0.6) is 5.75 Å². The van der Waals surface area contributed by atoms with E-state index in [0.717, 1.165) is 35.6 Å². The van der Waals surface area contributed by atoms with Crippen LogP contribution in [0.1, 0.15) is 19.8 Å². The lowest BCUT2D eigenvalue weighted by Gasteiger charge is -2.29. The van der Waals surface area contributed by atoms with E-state index >= 15 is 0 Å². The van der Waals surface area contributed by atoms with Crippen LogP contribution in [0.3, 0.4) is 0 Å². The molecule has 2 aromatic carbocycles. The molecule has 3 rings (SSSR count). The minimum Gasteiger partial charge on any atom is -0.489 e. The molecule has 0 spiro atoms. The Morgan fingerprint density at radius 1 is 1.04 bits per heavy atom. The van der Waals surface area contributed by atoms with Crippen molar-refractivity contribution in [3.8, 4) is 5.75 Å². The number of likely N-dealkylation sites (tertiary alicyclic amines) is 1. The monoisotopic (exact) mass is 347 g/mol. The Balaban J connectivity index is 1.40. The Labute approximate surface area is 149 Å². The third-order valence-electron chi connectivity index (χ3n) is 4.73. The number of hydrogen-bond donors (Lipinski definition) is 0. The fraction of sp³-hybridized carbons (Fsp3) is 0.500. The van der Waals surface area contributed by atoms with Gasteiger partial charge in [-0.3, -0.25) is 0 Å². The van der Waals surface area contributed by atoms with Gasteiger partial charge in [0.25, 0.3) is 0 Å². The van der Waals surface area contributed by atoms with Crippen LogP contribution in [0, 0.1) is 5.92 Å². The molecule has 0 N–H and O–H groups in total. The van der Waals surface area contributed by atoms with Crippen molar-refractivity contribution in [1.82, 2.24) is 4.90 Å². The van der Waals surface area contributed by atoms with E-state index < -0.39 is 0 Å². The summed E-state index contributed by atoms with van der Waals surface area (Å²) >= 11 is 6.28. The van der Waals surface area contributed by atoms with Crippen LogP contribution in [0.25, 0.3) is 10.8 Å². The zero-order chi connectivity index (χ0) is 16.8. The summed E-state index contributed by atoms with van der Waals surface area (Å²) in [6.45, 7) is 7.63. The van der Waals surface area contributed by atoms with Crippen molar-refractivity contribution < 1.29 is 9.47 Å². The van der Waals surface area contributed by atoms with Crippen molar-refractivity contribution >= 4 is 22.4 Å². The lowest BCUT2D eigenvalue weighted by molar-refractivity contribution is 0.0712. The summed E-state index contributed by atoms with van der Waals surface area (Å²) in [5, 5.41) is 2.83. The Kier molecular flexibility index (Phi) is 6.36. The number of nitrogens with zero attached hydrogens (tertiary/aromatic N) is 1. The van der Waals surface area contributed by atoms with Crippen molar-refractivity contribution in [2.75, 3.05) is 39.5 Å². The van der Waals surface area contributed by atoms with Crippen LogP contribution in [-0.4, -0.2) is 44.4 Å². The SMILES string of the molecule is CC1CCN(CCOCCOc2c(Cl)ccc3ccccc23)CC1. The number of benzene rings is 2. The Morgan fingerprint density at radius 2 is 1.83 bits per heavy atom. The standard InChI is InChI=1S/C20H26ClNO2/c1-16-8-10-22(11-9-16)12-13-23-14-15-24-20-18-5-3-2-4-17(18)6-7-19(20)21/h2-7,16H,8-15H2,1H3. The Morgan fingerprint density at radius 3 is 2.67 bits per heavy atom. The maximum absolute atomic E-state index is 6.28. The van der Waals surface area contributed by atoms with E-state index in [0.29, 0.717) is 18.2 Å². The van der Waals surface area contributed by atoms with Gasteiger partial charge in [0.1, 0.15) is 12.4 Å². The third kappa shape index (κ3) is 4.62. The topological polar surface area (TPSA) is 21.7 Å². The van der Waals surface area contributed by atoms with Gasteiger partial charge in [0.15, 0.2) is 0 Å². The molecule has 0 saturated carbocycles. The summed E-state index contributed by atoms with van der Waals surface area (Å²) in [6.07, 6.45) is 2.62. The summed E-state index contributed by atoms with van der Waals surface area (Å²) < 4.78 is 11.6. The molecule has 0 radical (unpaired) electrons. The van der Waals surface area contributed by atoms with Gasteiger partial charge in [0.2, 0.25) is 0 Å². The summed E-state index contributed by atoms with van der Waals surface area (Å²) in [5.74, 6) is 1.63. The number of ether oxygens (including phenoxy) is 2. The molecule has 24 heavy (non-hydrogen) atoms. The maximum Gasteiger partial charge on any atom is 0.145 e. The molecule has 4 heteroatoms. The van der Waals surface area contributed by atoms with Gasteiger partial charge in [-0.05, 0) is 43.3 Å². The molecule has 2 aromatic rings. The van der Waals surface area contributed by atoms with E-state index in [1.165, 1.54) is 25.9 Å². The number of rotatable bonds is 7. The average molecular weight is 348 g/mol. The molecule has 1 fully saturated rings. The molecule has 0 unspecified atom stereocenters. The first kappa shape index (κ1) is 17.5. The first-order chi connectivity index (χ1) is 11.7. The van der Waals surface area contributed by atoms with Gasteiger partial charge < -0.3 is 14.4 Å². The summed E-state index contributed by atoms with van der Waals surface area (Å²) in [6, 6.07) is 12.0. The van der Waals surface area contributed by atoms with Gasteiger partial charge in [-0.1, -0.05) is 48.9 Å². The van der Waals surface area contributed by atoms with Crippen LogP contribution in [-0.2, 0) is 4.74 Å². The molecule has 1 aliphatic heterocycles. The smallest absolute Gasteiger partial charge is 0.145 e. The van der Waals surface area contributed by atoms with Gasteiger partial charge in [0, 0.05) is 11.9 Å². The van der Waals surface area contributed by atoms with Crippen LogP contribution in [0.15, 0.2) is 36.4 Å². The number of halogens is 1. The molecule has 0 aliphatic carbocycles. The van der Waals surface area contributed by atoms with Crippen molar-refractivity contribution in [3.63, 3.8) is 0 Å². The lowest BCUT2D eigenvalue weighted by Crippen LogP contribution is -2.35. The zero-order valence-corrected chi connectivity index (χ0v) is 15.1. The third-order valence-corrected chi connectivity index (χ3v) is 5.03. The van der Waals surface area contributed by atoms with E-state index in [4.69, 9.17) is 21.1 Å². The van der Waals surface area contributed by atoms with E-state index in [9.17, 15) is 0 Å². The highest BCUT2D eigenvalue weighted by molar-refractivity contribution is 6.33. The van der Waals surface area contributed by atoms with Crippen molar-refractivity contribution in [3.05, 3.63) is 41.4 Å². The molecule has 3 nitrogen and oxygen atoms in total. The van der Waals surface area contributed by atoms with Gasteiger partial charge >= 0.3 is 0 Å². The second-order valence-corrected chi connectivity index (χ2v) is 6.99. The summed E-state index contributed by atoms with van der Waals surface area (Å²) in [5.41, 5.74) is 0. The predicted octanol–water partition coefficient (Wildman–Crippen LogP) is 4.62. The fourth-order valence-electron chi connectivity index (χ4n) is 3.15. The molecule has 0 atom stereocenters. The Bertz CT molecular complexity index is 653. The maximum atomic E-state index is 6.28. The van der Waals surface area contributed by atoms with Gasteiger partial charge in [-0.2, -0.15) is 0 Å². The molecule has 0 amide bonds. The second kappa shape index (κ2) is 8.70. The zero-order valence-electron chi connectivity index (χ0n) is 14.3. The molecule has 0 bridgehead atoms. The molecular formula is C20H26ClNO2. The largest absolute Gasteiger partial charge is 0.489 e. The highest BCUT2D eigenvalue weighted by Gasteiger charge is 2.14. The number of piperidine rings is 1. The van der Waals surface area contributed by atoms with Crippen LogP contribution in [0.4, 0.5) is 0 Å². The number of fused-ring (bicyclic) bond motifs is 1. The average Bonchev–Trinajstić information content (AvgIpc) is 2.61. The van der Waals surface area contributed by atoms with E-state index in [-0.39, 0.29) is 0 Å². The summed E-state index contributed by atoms with van der Waals surface area (Å²) in [4.78, 5) is 2.49. The van der Waals surface area contributed by atoms with Crippen molar-refractivity contribution in [1.29, 1.82) is 0 Å². The number of hydrogen-bond acceptors (Lipinski definition) is 3. The first-order valence-corrected chi connectivity index (χ1v) is 9.22. The van der Waals surface area contributed by atoms with E-state index in [1.54, 1.807) is 0 Å². The quantitative estimate of drug-likeness (QED) is 0.682. The minimum absolute atomic E-state index is 0.519. The van der Waals surface area contributed by atoms with Gasteiger partial charge in [-0.25, -0.2) is 0 Å². The molecule has 1 saturated heterocycles. The summed E-state index contributed by atoms with van der Waals surface area (Å²) in [7, 11) is 0. The molecule has 1 aliphatic rings. The van der Waals surface area contributed by atoms with Crippen molar-refractivity contribution in [2.24, 2.45) is 5.92 Å². The van der Waals surface area contributed by atoms with E-state index in [1.807, 2.05) is 30.3 Å². The van der Waals surface area contributed by atoms with Crippen molar-refractivity contribution in [2.45, 2.75) is 19.8 Å². The predicted molar refractivity (Wildman–Crippen MR) is 100 cm³/mol. The second-order valence-electron chi connectivity index (χ2n) is 6.58. The fourth-order valence-corrected chi connectivity index (χ4v) is 3.37. The highest BCUT2D eigenvalue weighted by Crippen LogP contribution is 2.33. The first-order valence-electron chi connectivity index (χ1n) is 8.84. The molecular weight excluding hydrogens is 322 g/mol. The van der Waals surface area contributed by atoms with E-state index in [2.05, 4.69) is 17.9 Å². The van der Waals surface area contributed by atoms with Crippen LogP contribution in [0.2, 0.25) is 5.02 Å².